The van der Waals surface area contributed by atoms with Crippen molar-refractivity contribution in [3.8, 4) is 6.07 Å². The van der Waals surface area contributed by atoms with E-state index in [1.807, 2.05) is 6.92 Å². The summed E-state index contributed by atoms with van der Waals surface area (Å²) in [5.74, 6) is 2.00. The molecule has 0 aromatic rings. The summed E-state index contributed by atoms with van der Waals surface area (Å²) in [5, 5.41) is 20.6. The number of amides is 1. The van der Waals surface area contributed by atoms with E-state index in [-0.39, 0.29) is 17.4 Å². The van der Waals surface area contributed by atoms with Crippen LogP contribution in [0.3, 0.4) is 0 Å². The number of aliphatic hydroxyl groups is 1. The van der Waals surface area contributed by atoms with Gasteiger partial charge in [-0.05, 0) is 93.8 Å². The van der Waals surface area contributed by atoms with Crippen molar-refractivity contribution in [2.24, 2.45) is 34.8 Å². The maximum absolute atomic E-state index is 13.7. The topological polar surface area (TPSA) is 90.4 Å². The van der Waals surface area contributed by atoms with Gasteiger partial charge in [0.1, 0.15) is 6.04 Å². The summed E-state index contributed by atoms with van der Waals surface area (Å²) in [4.78, 5) is 15.5. The highest BCUT2D eigenvalue weighted by Gasteiger charge is 2.49. The summed E-state index contributed by atoms with van der Waals surface area (Å²) < 4.78 is 0. The Hall–Kier alpha value is -1.12. The number of piperidine rings is 1. The lowest BCUT2D eigenvalue weighted by atomic mass is 9.64. The fourth-order valence-corrected chi connectivity index (χ4v) is 6.39. The van der Waals surface area contributed by atoms with Crippen LogP contribution in [0.1, 0.15) is 91.9 Å². The third kappa shape index (κ3) is 4.86. The average molecular weight is 418 g/mol. The number of nitrogens with two attached hydrogens (primary N) is 1. The normalized spacial score (nSPS) is 43.6. The van der Waals surface area contributed by atoms with E-state index in [9.17, 15) is 15.2 Å². The number of hydrogen-bond donors (Lipinski definition) is 2. The van der Waals surface area contributed by atoms with Gasteiger partial charge in [-0.3, -0.25) is 4.79 Å². The molecule has 3 aliphatic rings. The lowest BCUT2D eigenvalue weighted by Gasteiger charge is -2.47. The fourth-order valence-electron chi connectivity index (χ4n) is 6.39. The largest absolute Gasteiger partial charge is 0.390 e. The minimum atomic E-state index is -0.678. The molecule has 5 heteroatoms. The van der Waals surface area contributed by atoms with Crippen LogP contribution >= 0.6 is 0 Å². The third-order valence-electron chi connectivity index (χ3n) is 9.03. The smallest absolute Gasteiger partial charge is 0.241 e. The van der Waals surface area contributed by atoms with Gasteiger partial charge in [0.05, 0.1) is 17.7 Å². The van der Waals surface area contributed by atoms with Crippen molar-refractivity contribution < 1.29 is 9.90 Å². The van der Waals surface area contributed by atoms with Gasteiger partial charge in [0.25, 0.3) is 0 Å². The first kappa shape index (κ1) is 23.5. The number of hydrogen-bond acceptors (Lipinski definition) is 4. The number of carbonyl (C=O) groups excluding carboxylic acids is 1. The first-order chi connectivity index (χ1) is 14.1. The molecular weight excluding hydrogens is 374 g/mol. The molecule has 3 rings (SSSR count). The van der Waals surface area contributed by atoms with Crippen LogP contribution in [-0.2, 0) is 4.79 Å². The number of fused-ring (bicyclic) bond motifs is 2. The average Bonchev–Trinajstić information content (AvgIpc) is 2.92. The van der Waals surface area contributed by atoms with Crippen molar-refractivity contribution in [2.75, 3.05) is 6.54 Å². The summed E-state index contributed by atoms with van der Waals surface area (Å²) in [7, 11) is 0. The van der Waals surface area contributed by atoms with Crippen molar-refractivity contribution in [1.82, 2.24) is 4.90 Å². The second kappa shape index (κ2) is 9.17. The zero-order valence-corrected chi connectivity index (χ0v) is 19.6. The van der Waals surface area contributed by atoms with Crippen LogP contribution < -0.4 is 5.73 Å². The van der Waals surface area contributed by atoms with Crippen LogP contribution in [0, 0.1) is 40.4 Å². The molecule has 2 bridgehead atoms. The van der Waals surface area contributed by atoms with Crippen LogP contribution in [0.2, 0.25) is 0 Å². The van der Waals surface area contributed by atoms with Crippen LogP contribution in [-0.4, -0.2) is 40.1 Å². The number of nitriles is 1. The molecular formula is C25H43N3O2. The minimum absolute atomic E-state index is 0.0331. The highest BCUT2D eigenvalue weighted by atomic mass is 16.3. The quantitative estimate of drug-likeness (QED) is 0.719. The molecule has 2 saturated carbocycles. The Bertz CT molecular complexity index is 657. The van der Waals surface area contributed by atoms with Gasteiger partial charge in [0, 0.05) is 6.54 Å². The molecule has 1 heterocycles. The standard InChI is InChI=1S/C25H43N3O2/c1-5-19-7-9-25(11-10-24(4,30)8-6-20(13-19)14-25)22(27)23(29)28-16-18(3)17(2)12-21(28)15-26/h17-22,30H,5-14,16,27H2,1-4H3/t17?,18-,19?,20?,21+,22-,24?,25?/m1/s1. The lowest BCUT2D eigenvalue weighted by Crippen LogP contribution is -2.59. The number of nitrogens with zero attached hydrogens (tertiary/aromatic N) is 2. The molecule has 5 unspecified atom stereocenters. The Labute approximate surface area is 183 Å². The van der Waals surface area contributed by atoms with Crippen molar-refractivity contribution in [1.29, 1.82) is 5.26 Å². The Kier molecular flexibility index (Phi) is 7.19. The molecule has 30 heavy (non-hydrogen) atoms. The second-order valence-electron chi connectivity index (χ2n) is 11.3. The van der Waals surface area contributed by atoms with Gasteiger partial charge in [-0.1, -0.05) is 27.2 Å². The monoisotopic (exact) mass is 417 g/mol. The summed E-state index contributed by atoms with van der Waals surface area (Å²) in [6.07, 6.45) is 9.52. The lowest BCUT2D eigenvalue weighted by molar-refractivity contribution is -0.141. The predicted octanol–water partition coefficient (Wildman–Crippen LogP) is 4.24. The van der Waals surface area contributed by atoms with Gasteiger partial charge >= 0.3 is 0 Å². The van der Waals surface area contributed by atoms with Crippen LogP contribution in [0.4, 0.5) is 0 Å². The molecule has 1 saturated heterocycles. The Morgan fingerprint density at radius 2 is 1.93 bits per heavy atom. The van der Waals surface area contributed by atoms with E-state index in [0.29, 0.717) is 36.6 Å². The molecule has 8 atom stereocenters. The summed E-state index contributed by atoms with van der Waals surface area (Å²) in [6.45, 7) is 9.18. The number of likely N-dealkylation sites (tertiary alicyclic amines) is 1. The van der Waals surface area contributed by atoms with Crippen molar-refractivity contribution in [3.63, 3.8) is 0 Å². The molecule has 3 N–H and O–H groups in total. The van der Waals surface area contributed by atoms with E-state index < -0.39 is 11.6 Å². The minimum Gasteiger partial charge on any atom is -0.390 e. The molecule has 1 aliphatic heterocycles. The molecule has 1 amide bonds. The molecule has 2 aliphatic carbocycles. The first-order valence-corrected chi connectivity index (χ1v) is 12.3. The van der Waals surface area contributed by atoms with Gasteiger partial charge in [-0.25, -0.2) is 0 Å². The van der Waals surface area contributed by atoms with E-state index in [1.165, 1.54) is 12.8 Å². The summed E-state index contributed by atoms with van der Waals surface area (Å²) >= 11 is 0. The molecule has 170 valence electrons. The van der Waals surface area contributed by atoms with E-state index in [1.54, 1.807) is 4.90 Å². The number of carbonyl (C=O) groups is 1. The predicted molar refractivity (Wildman–Crippen MR) is 119 cm³/mol. The Balaban J connectivity index is 1.88. The van der Waals surface area contributed by atoms with Gasteiger partial charge < -0.3 is 15.7 Å². The van der Waals surface area contributed by atoms with Crippen LogP contribution in [0.15, 0.2) is 0 Å². The highest BCUT2D eigenvalue weighted by Crippen LogP contribution is 2.50. The van der Waals surface area contributed by atoms with E-state index in [0.717, 1.165) is 44.9 Å². The van der Waals surface area contributed by atoms with Crippen molar-refractivity contribution >= 4 is 5.91 Å². The Morgan fingerprint density at radius 1 is 1.20 bits per heavy atom. The highest BCUT2D eigenvalue weighted by molar-refractivity contribution is 5.83. The van der Waals surface area contributed by atoms with Gasteiger partial charge in [0.2, 0.25) is 5.91 Å². The maximum atomic E-state index is 13.7. The van der Waals surface area contributed by atoms with Crippen molar-refractivity contribution in [2.45, 2.75) is 110 Å². The number of rotatable bonds is 3. The van der Waals surface area contributed by atoms with E-state index in [4.69, 9.17) is 5.73 Å². The zero-order valence-electron chi connectivity index (χ0n) is 19.6. The Morgan fingerprint density at radius 3 is 2.60 bits per heavy atom. The maximum Gasteiger partial charge on any atom is 0.241 e. The second-order valence-corrected chi connectivity index (χ2v) is 11.3. The molecule has 0 aromatic carbocycles. The molecule has 5 nitrogen and oxygen atoms in total. The van der Waals surface area contributed by atoms with Crippen molar-refractivity contribution in [3.05, 3.63) is 0 Å². The van der Waals surface area contributed by atoms with Crippen LogP contribution in [0.5, 0.6) is 0 Å². The van der Waals surface area contributed by atoms with Crippen LogP contribution in [0.25, 0.3) is 0 Å². The third-order valence-corrected chi connectivity index (χ3v) is 9.03. The van der Waals surface area contributed by atoms with Gasteiger partial charge in [0.15, 0.2) is 0 Å². The van der Waals surface area contributed by atoms with E-state index >= 15 is 0 Å². The molecule has 0 aromatic heterocycles. The summed E-state index contributed by atoms with van der Waals surface area (Å²) in [5.41, 5.74) is 5.91. The molecule has 3 fully saturated rings. The SMILES string of the molecule is CCC1CCC2([C@H](N)C(=O)N3C[C@@H](C)C(C)C[C@H]3C#N)CCC(C)(O)CCC(C1)C2. The first-order valence-electron chi connectivity index (χ1n) is 12.3. The zero-order chi connectivity index (χ0) is 22.1. The summed E-state index contributed by atoms with van der Waals surface area (Å²) in [6, 6.07) is 1.42. The van der Waals surface area contributed by atoms with Gasteiger partial charge in [-0.15, -0.1) is 0 Å². The molecule has 0 spiro atoms. The molecule has 0 radical (unpaired) electrons. The fraction of sp³-hybridized carbons (Fsp3) is 0.920. The van der Waals surface area contributed by atoms with Gasteiger partial charge in [-0.2, -0.15) is 5.26 Å². The van der Waals surface area contributed by atoms with E-state index in [2.05, 4.69) is 26.8 Å².